The van der Waals surface area contributed by atoms with Crippen molar-refractivity contribution in [3.8, 4) is 11.4 Å². The van der Waals surface area contributed by atoms with Crippen LogP contribution in [0.3, 0.4) is 0 Å². The van der Waals surface area contributed by atoms with Crippen LogP contribution >= 0.6 is 11.6 Å². The predicted molar refractivity (Wildman–Crippen MR) is 120 cm³/mol. The van der Waals surface area contributed by atoms with E-state index in [4.69, 9.17) is 11.6 Å². The summed E-state index contributed by atoms with van der Waals surface area (Å²) in [6.07, 6.45) is 3.78. The molecule has 2 aromatic carbocycles. The van der Waals surface area contributed by atoms with Crippen molar-refractivity contribution in [2.75, 3.05) is 0 Å². The third-order valence-corrected chi connectivity index (χ3v) is 6.13. The molecule has 0 aliphatic rings. The predicted octanol–water partition coefficient (Wildman–Crippen LogP) is 4.90. The van der Waals surface area contributed by atoms with Crippen LogP contribution in [-0.4, -0.2) is 30.1 Å². The Kier molecular flexibility index (Phi) is 5.19. The molecule has 5 aromatic rings. The number of H-pyrrole nitrogens is 1. The maximum atomic E-state index is 15.1. The molecule has 5 rings (SSSR count). The van der Waals surface area contributed by atoms with Crippen LogP contribution in [-0.2, 0) is 12.0 Å². The zero-order valence-electron chi connectivity index (χ0n) is 17.4. The van der Waals surface area contributed by atoms with Crippen LogP contribution in [0.5, 0.6) is 0 Å². The van der Waals surface area contributed by atoms with Crippen molar-refractivity contribution in [3.05, 3.63) is 106 Å². The smallest absolute Gasteiger partial charge is 0.206 e. The number of hydrogen-bond donors (Lipinski definition) is 2. The molecule has 33 heavy (non-hydrogen) atoms. The van der Waals surface area contributed by atoms with Gasteiger partial charge in [-0.05, 0) is 35.4 Å². The van der Waals surface area contributed by atoms with Crippen molar-refractivity contribution in [3.63, 3.8) is 0 Å². The topological polar surface area (TPSA) is 79.1 Å². The van der Waals surface area contributed by atoms with Crippen LogP contribution in [0.25, 0.3) is 16.9 Å². The highest BCUT2D eigenvalue weighted by Crippen LogP contribution is 2.43. The van der Waals surface area contributed by atoms with E-state index in [1.807, 2.05) is 6.92 Å². The average molecular weight is 466 g/mol. The molecule has 166 valence electrons. The van der Waals surface area contributed by atoms with Crippen LogP contribution in [0.1, 0.15) is 29.2 Å². The van der Waals surface area contributed by atoms with E-state index in [2.05, 4.69) is 20.6 Å². The van der Waals surface area contributed by atoms with Gasteiger partial charge in [-0.3, -0.25) is 0 Å². The lowest BCUT2D eigenvalue weighted by Gasteiger charge is -2.30. The van der Waals surface area contributed by atoms with E-state index in [0.29, 0.717) is 39.5 Å². The molecule has 0 spiro atoms. The number of aromatic amines is 1. The summed E-state index contributed by atoms with van der Waals surface area (Å²) >= 11 is 6.47. The minimum absolute atomic E-state index is 0.0507. The Hall–Kier alpha value is -3.62. The van der Waals surface area contributed by atoms with E-state index in [1.54, 1.807) is 35.0 Å². The Labute approximate surface area is 192 Å². The molecule has 3 heterocycles. The summed E-state index contributed by atoms with van der Waals surface area (Å²) in [6, 6.07) is 13.4. The first-order valence-corrected chi connectivity index (χ1v) is 10.6. The maximum Gasteiger partial charge on any atom is 0.206 e. The second kappa shape index (κ2) is 8.06. The number of benzene rings is 2. The molecular weight excluding hydrogens is 448 g/mol. The molecule has 0 bridgehead atoms. The first-order valence-electron chi connectivity index (χ1n) is 10.2. The summed E-state index contributed by atoms with van der Waals surface area (Å²) in [4.78, 5) is 0. The molecule has 6 nitrogen and oxygen atoms in total. The molecular formula is C24H18ClF2N5O. The molecule has 0 aliphatic heterocycles. The molecule has 3 aromatic heterocycles. The summed E-state index contributed by atoms with van der Waals surface area (Å²) in [5.41, 5.74) is 0.0926. The monoisotopic (exact) mass is 465 g/mol. The van der Waals surface area contributed by atoms with Gasteiger partial charge in [-0.15, -0.1) is 10.2 Å². The van der Waals surface area contributed by atoms with Crippen LogP contribution in [0.4, 0.5) is 8.78 Å². The largest absolute Gasteiger partial charge is 0.376 e. The number of nitrogens with zero attached hydrogens (tertiary/aromatic N) is 4. The number of halogens is 3. The number of aryl methyl sites for hydroxylation is 1. The van der Waals surface area contributed by atoms with Gasteiger partial charge in [-0.25, -0.2) is 8.78 Å². The van der Waals surface area contributed by atoms with Crippen LogP contribution < -0.4 is 0 Å². The van der Waals surface area contributed by atoms with Gasteiger partial charge in [0, 0.05) is 40.2 Å². The fourth-order valence-corrected chi connectivity index (χ4v) is 4.57. The number of rotatable bonds is 5. The maximum absolute atomic E-state index is 15.1. The number of hydrogen-bond acceptors (Lipinski definition) is 4. The molecule has 0 radical (unpaired) electrons. The van der Waals surface area contributed by atoms with Gasteiger partial charge in [0.25, 0.3) is 0 Å². The Morgan fingerprint density at radius 1 is 1.00 bits per heavy atom. The summed E-state index contributed by atoms with van der Waals surface area (Å²) in [5, 5.41) is 26.5. The van der Waals surface area contributed by atoms with Gasteiger partial charge in [0.15, 0.2) is 0 Å². The van der Waals surface area contributed by atoms with E-state index in [-0.39, 0.29) is 11.1 Å². The molecule has 0 aliphatic carbocycles. The summed E-state index contributed by atoms with van der Waals surface area (Å²) in [6.45, 7) is 1.91. The second-order valence-electron chi connectivity index (χ2n) is 7.61. The number of aromatic nitrogens is 5. The quantitative estimate of drug-likeness (QED) is 0.387. The van der Waals surface area contributed by atoms with Gasteiger partial charge in [0.2, 0.25) is 5.82 Å². The van der Waals surface area contributed by atoms with Crippen molar-refractivity contribution < 1.29 is 13.9 Å². The fourth-order valence-electron chi connectivity index (χ4n) is 4.32. The van der Waals surface area contributed by atoms with Gasteiger partial charge >= 0.3 is 0 Å². The molecule has 0 saturated heterocycles. The van der Waals surface area contributed by atoms with E-state index in [1.165, 1.54) is 36.4 Å². The summed E-state index contributed by atoms with van der Waals surface area (Å²) < 4.78 is 31.8. The first-order chi connectivity index (χ1) is 15.9. The molecule has 0 unspecified atom stereocenters. The van der Waals surface area contributed by atoms with Crippen molar-refractivity contribution in [1.82, 2.24) is 25.0 Å². The Morgan fingerprint density at radius 2 is 1.64 bits per heavy atom. The van der Waals surface area contributed by atoms with Crippen LogP contribution in [0.2, 0.25) is 5.02 Å². The third-order valence-electron chi connectivity index (χ3n) is 5.83. The SMILES string of the molecule is CCc1c(C(O)(c2ccccc2F)c2ccccc2F)cn2cc(Cl)c(-c3nn[nH]n3)cc12. The normalized spacial score (nSPS) is 11.9. The zero-order chi connectivity index (χ0) is 23.2. The summed E-state index contributed by atoms with van der Waals surface area (Å²) in [7, 11) is 0. The molecule has 0 atom stereocenters. The number of pyridine rings is 1. The first kappa shape index (κ1) is 21.2. The average Bonchev–Trinajstić information content (AvgIpc) is 3.46. The fraction of sp³-hybridized carbons (Fsp3) is 0.125. The van der Waals surface area contributed by atoms with Gasteiger partial charge in [0.05, 0.1) is 5.02 Å². The van der Waals surface area contributed by atoms with E-state index in [0.717, 1.165) is 0 Å². The van der Waals surface area contributed by atoms with Crippen LogP contribution in [0.15, 0.2) is 67.0 Å². The Bertz CT molecular complexity index is 1420. The van der Waals surface area contributed by atoms with E-state index in [9.17, 15) is 5.11 Å². The highest BCUT2D eigenvalue weighted by atomic mass is 35.5. The van der Waals surface area contributed by atoms with Gasteiger partial charge in [-0.2, -0.15) is 5.21 Å². The number of tetrazole rings is 1. The van der Waals surface area contributed by atoms with Crippen molar-refractivity contribution in [2.45, 2.75) is 18.9 Å². The molecule has 2 N–H and O–H groups in total. The molecule has 0 saturated carbocycles. The Balaban J connectivity index is 1.86. The molecule has 0 amide bonds. The standard InChI is InChI=1S/C24H18ClF2N5O/c1-2-14-18(12-32-13-19(25)15(11-22(14)32)23-28-30-31-29-23)24(33,16-7-3-5-9-20(16)26)17-8-4-6-10-21(17)27/h3-13,33H,2H2,1H3,(H,28,29,30,31). The van der Waals surface area contributed by atoms with Gasteiger partial charge < -0.3 is 9.51 Å². The van der Waals surface area contributed by atoms with E-state index >= 15 is 8.78 Å². The van der Waals surface area contributed by atoms with E-state index < -0.39 is 17.2 Å². The lowest BCUT2D eigenvalue weighted by atomic mass is 9.79. The molecule has 9 heteroatoms. The number of aliphatic hydroxyl groups is 1. The molecule has 0 fully saturated rings. The highest BCUT2D eigenvalue weighted by Gasteiger charge is 2.41. The van der Waals surface area contributed by atoms with Gasteiger partial charge in [0.1, 0.15) is 17.2 Å². The zero-order valence-corrected chi connectivity index (χ0v) is 18.2. The number of fused-ring (bicyclic) bond motifs is 1. The Morgan fingerprint density at radius 3 is 2.18 bits per heavy atom. The third kappa shape index (κ3) is 3.30. The van der Waals surface area contributed by atoms with Crippen molar-refractivity contribution in [2.24, 2.45) is 0 Å². The number of nitrogens with one attached hydrogen (secondary N) is 1. The lowest BCUT2D eigenvalue weighted by molar-refractivity contribution is 0.116. The van der Waals surface area contributed by atoms with Crippen molar-refractivity contribution in [1.29, 1.82) is 0 Å². The van der Waals surface area contributed by atoms with Crippen molar-refractivity contribution >= 4 is 17.1 Å². The second-order valence-corrected chi connectivity index (χ2v) is 8.02. The van der Waals surface area contributed by atoms with Crippen LogP contribution in [0, 0.1) is 11.6 Å². The van der Waals surface area contributed by atoms with Gasteiger partial charge in [-0.1, -0.05) is 54.9 Å². The lowest BCUT2D eigenvalue weighted by Crippen LogP contribution is -2.32. The highest BCUT2D eigenvalue weighted by molar-refractivity contribution is 6.33. The summed E-state index contributed by atoms with van der Waals surface area (Å²) in [5.74, 6) is -0.983. The minimum atomic E-state index is -2.09. The minimum Gasteiger partial charge on any atom is -0.376 e.